The Hall–Kier alpha value is -3.01. The first-order chi connectivity index (χ1) is 12.6. The molecule has 136 valence electrons. The maximum atomic E-state index is 11.9. The van der Waals surface area contributed by atoms with Gasteiger partial charge < -0.3 is 14.8 Å². The van der Waals surface area contributed by atoms with Crippen molar-refractivity contribution < 1.29 is 19.1 Å². The Morgan fingerprint density at radius 3 is 2.96 bits per heavy atom. The number of rotatable bonds is 7. The molecule has 26 heavy (non-hydrogen) atoms. The fourth-order valence-electron chi connectivity index (χ4n) is 2.13. The third kappa shape index (κ3) is 4.76. The summed E-state index contributed by atoms with van der Waals surface area (Å²) in [6, 6.07) is 5.36. The van der Waals surface area contributed by atoms with Crippen molar-refractivity contribution in [2.24, 2.45) is 5.10 Å². The molecule has 0 saturated heterocycles. The zero-order valence-corrected chi connectivity index (χ0v) is 14.8. The number of amides is 2. The van der Waals surface area contributed by atoms with Crippen molar-refractivity contribution in [2.75, 3.05) is 12.1 Å². The molecule has 3 rings (SSSR count). The third-order valence-corrected chi connectivity index (χ3v) is 4.14. The largest absolute Gasteiger partial charge is 0.454 e. The van der Waals surface area contributed by atoms with Crippen LogP contribution in [-0.2, 0) is 16.0 Å². The van der Waals surface area contributed by atoms with Crippen LogP contribution in [0.1, 0.15) is 30.3 Å². The molecule has 0 aliphatic carbocycles. The van der Waals surface area contributed by atoms with Crippen LogP contribution < -0.4 is 20.2 Å². The predicted molar refractivity (Wildman–Crippen MR) is 95.5 cm³/mol. The summed E-state index contributed by atoms with van der Waals surface area (Å²) >= 11 is 1.16. The van der Waals surface area contributed by atoms with Gasteiger partial charge in [0.1, 0.15) is 5.01 Å². The monoisotopic (exact) mass is 375 g/mol. The number of nitrogens with one attached hydrogen (secondary N) is 2. The Kier molecular flexibility index (Phi) is 5.74. The molecule has 9 nitrogen and oxygen atoms in total. The molecular weight excluding hydrogens is 358 g/mol. The second-order valence-corrected chi connectivity index (χ2v) is 6.44. The molecule has 2 heterocycles. The van der Waals surface area contributed by atoms with Gasteiger partial charge in [-0.2, -0.15) is 5.10 Å². The summed E-state index contributed by atoms with van der Waals surface area (Å²) in [5.41, 5.74) is 3.20. The number of anilines is 1. The van der Waals surface area contributed by atoms with E-state index in [-0.39, 0.29) is 25.0 Å². The molecular formula is C16H17N5O4S. The minimum Gasteiger partial charge on any atom is -0.454 e. The molecule has 0 atom stereocenters. The zero-order valence-electron chi connectivity index (χ0n) is 14.0. The number of aromatic nitrogens is 2. The van der Waals surface area contributed by atoms with E-state index in [1.165, 1.54) is 6.21 Å². The van der Waals surface area contributed by atoms with Crippen molar-refractivity contribution in [3.63, 3.8) is 0 Å². The first-order valence-corrected chi connectivity index (χ1v) is 8.79. The van der Waals surface area contributed by atoms with Crippen LogP contribution >= 0.6 is 11.3 Å². The lowest BCUT2D eigenvalue weighted by Crippen LogP contribution is -2.19. The normalized spacial score (nSPS) is 12.3. The molecule has 1 aromatic carbocycles. The summed E-state index contributed by atoms with van der Waals surface area (Å²) in [5, 5.41) is 15.2. The molecule has 2 aromatic rings. The van der Waals surface area contributed by atoms with Gasteiger partial charge in [0.05, 0.1) is 12.6 Å². The Morgan fingerprint density at radius 1 is 1.27 bits per heavy atom. The van der Waals surface area contributed by atoms with Gasteiger partial charge in [0, 0.05) is 6.42 Å². The highest BCUT2D eigenvalue weighted by atomic mass is 32.1. The van der Waals surface area contributed by atoms with E-state index in [1.807, 2.05) is 6.92 Å². The van der Waals surface area contributed by atoms with Crippen LogP contribution in [0.3, 0.4) is 0 Å². The molecule has 2 amide bonds. The van der Waals surface area contributed by atoms with Crippen LogP contribution in [0.4, 0.5) is 5.13 Å². The lowest BCUT2D eigenvalue weighted by molar-refractivity contribution is -0.120. The first kappa shape index (κ1) is 17.8. The molecule has 0 unspecified atom stereocenters. The second kappa shape index (κ2) is 8.39. The van der Waals surface area contributed by atoms with Gasteiger partial charge in [-0.25, -0.2) is 5.43 Å². The molecule has 10 heteroatoms. The smallest absolute Gasteiger partial charge is 0.247 e. The summed E-state index contributed by atoms with van der Waals surface area (Å²) in [5.74, 6) is 0.883. The lowest BCUT2D eigenvalue weighted by atomic mass is 10.2. The minimum absolute atomic E-state index is 0.0276. The summed E-state index contributed by atoms with van der Waals surface area (Å²) in [4.78, 5) is 23.4. The molecule has 0 radical (unpaired) electrons. The van der Waals surface area contributed by atoms with E-state index in [0.717, 1.165) is 23.3 Å². The average Bonchev–Trinajstić information content (AvgIpc) is 3.24. The van der Waals surface area contributed by atoms with Crippen molar-refractivity contribution in [1.82, 2.24) is 15.6 Å². The number of nitrogens with zero attached hydrogens (tertiary/aromatic N) is 3. The molecule has 1 aliphatic heterocycles. The molecule has 0 fully saturated rings. The van der Waals surface area contributed by atoms with E-state index in [0.29, 0.717) is 28.1 Å². The second-order valence-electron chi connectivity index (χ2n) is 5.38. The predicted octanol–water partition coefficient (Wildman–Crippen LogP) is 1.70. The van der Waals surface area contributed by atoms with Crippen molar-refractivity contribution in [3.8, 4) is 11.5 Å². The van der Waals surface area contributed by atoms with E-state index in [9.17, 15) is 9.59 Å². The molecule has 0 spiro atoms. The lowest BCUT2D eigenvalue weighted by Gasteiger charge is -1.98. The van der Waals surface area contributed by atoms with E-state index < -0.39 is 0 Å². The molecule has 0 saturated carbocycles. The number of ether oxygens (including phenoxy) is 2. The number of hydrogen-bond donors (Lipinski definition) is 2. The van der Waals surface area contributed by atoms with Crippen LogP contribution in [0.5, 0.6) is 11.5 Å². The van der Waals surface area contributed by atoms with Crippen LogP contribution in [0.15, 0.2) is 23.3 Å². The summed E-state index contributed by atoms with van der Waals surface area (Å²) in [6.45, 7) is 2.12. The maximum absolute atomic E-state index is 11.9. The van der Waals surface area contributed by atoms with Crippen LogP contribution in [0.25, 0.3) is 0 Å². The number of fused-ring (bicyclic) bond motifs is 1. The minimum atomic E-state index is -0.329. The van der Waals surface area contributed by atoms with Crippen molar-refractivity contribution >= 4 is 34.5 Å². The van der Waals surface area contributed by atoms with Crippen LogP contribution in [0.2, 0.25) is 0 Å². The molecule has 1 aromatic heterocycles. The van der Waals surface area contributed by atoms with Gasteiger partial charge in [0.15, 0.2) is 11.5 Å². The molecule has 2 N–H and O–H groups in total. The van der Waals surface area contributed by atoms with Crippen molar-refractivity contribution in [3.05, 3.63) is 28.8 Å². The highest BCUT2D eigenvalue weighted by Crippen LogP contribution is 2.31. The van der Waals surface area contributed by atoms with Gasteiger partial charge in [-0.1, -0.05) is 18.3 Å². The number of hydrazone groups is 1. The topological polar surface area (TPSA) is 115 Å². The summed E-state index contributed by atoms with van der Waals surface area (Å²) in [7, 11) is 0. The Morgan fingerprint density at radius 2 is 2.12 bits per heavy atom. The van der Waals surface area contributed by atoms with E-state index in [4.69, 9.17) is 9.47 Å². The van der Waals surface area contributed by atoms with E-state index in [1.54, 1.807) is 18.2 Å². The Bertz CT molecular complexity index is 836. The highest BCUT2D eigenvalue weighted by Gasteiger charge is 2.13. The number of carbonyl (C=O) groups excluding carboxylic acids is 2. The maximum Gasteiger partial charge on any atom is 0.247 e. The van der Waals surface area contributed by atoms with Gasteiger partial charge in [-0.3, -0.25) is 9.59 Å². The Balaban J connectivity index is 1.48. The summed E-state index contributed by atoms with van der Waals surface area (Å²) in [6.07, 6.45) is 2.71. The van der Waals surface area contributed by atoms with Gasteiger partial charge in [0.2, 0.25) is 23.7 Å². The van der Waals surface area contributed by atoms with Crippen molar-refractivity contribution in [2.45, 2.75) is 26.2 Å². The van der Waals surface area contributed by atoms with E-state index in [2.05, 4.69) is 26.0 Å². The van der Waals surface area contributed by atoms with Gasteiger partial charge in [-0.05, 0) is 30.2 Å². The first-order valence-electron chi connectivity index (χ1n) is 7.98. The third-order valence-electron chi connectivity index (χ3n) is 3.30. The van der Waals surface area contributed by atoms with Gasteiger partial charge in [-0.15, -0.1) is 10.2 Å². The van der Waals surface area contributed by atoms with Crippen LogP contribution in [0, 0.1) is 0 Å². The SMILES string of the molecule is CCCC(=O)Nc1nnc(CC(=O)N/N=C/c2ccc3c(c2)OCO3)s1. The average molecular weight is 375 g/mol. The standard InChI is InChI=1S/C16H17N5O4S/c1-2-3-13(22)18-16-21-20-15(26-16)7-14(23)19-17-8-10-4-5-11-12(6-10)25-9-24-11/h4-6,8H,2-3,7,9H2,1H3,(H,19,23)(H,18,21,22)/b17-8+. The quantitative estimate of drug-likeness (QED) is 0.562. The van der Waals surface area contributed by atoms with Crippen LogP contribution in [-0.4, -0.2) is 35.0 Å². The fourth-order valence-corrected chi connectivity index (χ4v) is 2.89. The van der Waals surface area contributed by atoms with Crippen molar-refractivity contribution in [1.29, 1.82) is 0 Å². The number of benzene rings is 1. The van der Waals surface area contributed by atoms with Gasteiger partial charge >= 0.3 is 0 Å². The molecule has 1 aliphatic rings. The van der Waals surface area contributed by atoms with E-state index >= 15 is 0 Å². The number of carbonyl (C=O) groups is 2. The fraction of sp³-hybridized carbons (Fsp3) is 0.312. The summed E-state index contributed by atoms with van der Waals surface area (Å²) < 4.78 is 10.5. The van der Waals surface area contributed by atoms with Gasteiger partial charge in [0.25, 0.3) is 0 Å². The molecule has 0 bridgehead atoms. The number of hydrogen-bond acceptors (Lipinski definition) is 8. The zero-order chi connectivity index (χ0) is 18.4. The highest BCUT2D eigenvalue weighted by molar-refractivity contribution is 7.15. The Labute approximate surface area is 153 Å².